The van der Waals surface area contributed by atoms with Gasteiger partial charge in [-0.05, 0) is 30.2 Å². The standard InChI is InChI=1S/C14H15FN2O/c15-11-1-2-12-9(8-17-13(12)6-11)5-10-7-16-4-3-14(10)18/h1-2,6,8,10,16-17H,3-5,7H2. The lowest BCUT2D eigenvalue weighted by Crippen LogP contribution is -2.37. The summed E-state index contributed by atoms with van der Waals surface area (Å²) in [7, 11) is 0. The van der Waals surface area contributed by atoms with Gasteiger partial charge >= 0.3 is 0 Å². The van der Waals surface area contributed by atoms with Crippen LogP contribution in [0.4, 0.5) is 4.39 Å². The number of carbonyl (C=O) groups excluding carboxylic acids is 1. The van der Waals surface area contributed by atoms with Gasteiger partial charge in [-0.25, -0.2) is 4.39 Å². The lowest BCUT2D eigenvalue weighted by Gasteiger charge is -2.21. The van der Waals surface area contributed by atoms with Gasteiger partial charge in [0.1, 0.15) is 11.6 Å². The van der Waals surface area contributed by atoms with Crippen molar-refractivity contribution in [3.05, 3.63) is 35.8 Å². The predicted molar refractivity (Wildman–Crippen MR) is 67.9 cm³/mol. The number of H-pyrrole nitrogens is 1. The van der Waals surface area contributed by atoms with Crippen molar-refractivity contribution < 1.29 is 9.18 Å². The molecule has 0 radical (unpaired) electrons. The Morgan fingerprint density at radius 3 is 3.11 bits per heavy atom. The second-order valence-corrected chi connectivity index (χ2v) is 4.83. The Hall–Kier alpha value is -1.68. The fourth-order valence-electron chi connectivity index (χ4n) is 2.58. The van der Waals surface area contributed by atoms with Crippen LogP contribution in [0, 0.1) is 11.7 Å². The van der Waals surface area contributed by atoms with E-state index in [9.17, 15) is 9.18 Å². The number of carbonyl (C=O) groups is 1. The van der Waals surface area contributed by atoms with Gasteiger partial charge in [-0.1, -0.05) is 0 Å². The molecule has 1 fully saturated rings. The Morgan fingerprint density at radius 2 is 2.28 bits per heavy atom. The summed E-state index contributed by atoms with van der Waals surface area (Å²) >= 11 is 0. The van der Waals surface area contributed by atoms with Crippen LogP contribution in [-0.4, -0.2) is 23.9 Å². The average Bonchev–Trinajstić information content (AvgIpc) is 2.74. The van der Waals surface area contributed by atoms with E-state index in [2.05, 4.69) is 10.3 Å². The van der Waals surface area contributed by atoms with E-state index < -0.39 is 0 Å². The van der Waals surface area contributed by atoms with Gasteiger partial charge in [0, 0.05) is 42.5 Å². The van der Waals surface area contributed by atoms with Gasteiger partial charge < -0.3 is 10.3 Å². The second kappa shape index (κ2) is 4.53. The number of Topliss-reactive ketones (excluding diaryl/α,β-unsaturated/α-hetero) is 1. The number of ketones is 1. The molecule has 0 saturated carbocycles. The molecule has 0 bridgehead atoms. The average molecular weight is 246 g/mol. The van der Waals surface area contributed by atoms with Crippen molar-refractivity contribution in [3.63, 3.8) is 0 Å². The van der Waals surface area contributed by atoms with Crippen LogP contribution >= 0.6 is 0 Å². The first-order chi connectivity index (χ1) is 8.74. The van der Waals surface area contributed by atoms with Gasteiger partial charge in [-0.3, -0.25) is 4.79 Å². The van der Waals surface area contributed by atoms with Crippen LogP contribution < -0.4 is 5.32 Å². The van der Waals surface area contributed by atoms with Crippen LogP contribution in [0.25, 0.3) is 10.9 Å². The van der Waals surface area contributed by atoms with E-state index in [1.807, 2.05) is 6.20 Å². The van der Waals surface area contributed by atoms with E-state index in [4.69, 9.17) is 0 Å². The number of aromatic amines is 1. The smallest absolute Gasteiger partial charge is 0.138 e. The molecule has 18 heavy (non-hydrogen) atoms. The molecule has 0 aliphatic carbocycles. The first-order valence-corrected chi connectivity index (χ1v) is 6.23. The third kappa shape index (κ3) is 2.04. The fourth-order valence-corrected chi connectivity index (χ4v) is 2.58. The minimum absolute atomic E-state index is 0.0443. The molecule has 3 rings (SSSR count). The molecular formula is C14H15FN2O. The largest absolute Gasteiger partial charge is 0.361 e. The van der Waals surface area contributed by atoms with Crippen molar-refractivity contribution in [2.24, 2.45) is 5.92 Å². The quantitative estimate of drug-likeness (QED) is 0.851. The van der Waals surface area contributed by atoms with Crippen molar-refractivity contribution in [1.29, 1.82) is 0 Å². The van der Waals surface area contributed by atoms with Crippen molar-refractivity contribution in [3.8, 4) is 0 Å². The number of hydrogen-bond acceptors (Lipinski definition) is 2. The molecule has 1 atom stereocenters. The normalized spacial score (nSPS) is 20.5. The fraction of sp³-hybridized carbons (Fsp3) is 0.357. The highest BCUT2D eigenvalue weighted by Crippen LogP contribution is 2.23. The summed E-state index contributed by atoms with van der Waals surface area (Å²) in [5.41, 5.74) is 1.88. The van der Waals surface area contributed by atoms with Gasteiger partial charge in [0.05, 0.1) is 0 Å². The highest BCUT2D eigenvalue weighted by molar-refractivity contribution is 5.86. The second-order valence-electron chi connectivity index (χ2n) is 4.83. The molecule has 1 saturated heterocycles. The minimum Gasteiger partial charge on any atom is -0.361 e. The van der Waals surface area contributed by atoms with E-state index in [0.29, 0.717) is 12.2 Å². The van der Waals surface area contributed by atoms with Gasteiger partial charge in [-0.15, -0.1) is 0 Å². The Labute approximate surface area is 104 Å². The van der Waals surface area contributed by atoms with Crippen molar-refractivity contribution in [2.45, 2.75) is 12.8 Å². The van der Waals surface area contributed by atoms with Crippen LogP contribution in [0.1, 0.15) is 12.0 Å². The molecule has 2 N–H and O–H groups in total. The van der Waals surface area contributed by atoms with E-state index in [-0.39, 0.29) is 11.7 Å². The van der Waals surface area contributed by atoms with E-state index in [0.717, 1.165) is 36.0 Å². The number of fused-ring (bicyclic) bond motifs is 1. The summed E-state index contributed by atoms with van der Waals surface area (Å²) in [5, 5.41) is 4.25. The highest BCUT2D eigenvalue weighted by atomic mass is 19.1. The zero-order chi connectivity index (χ0) is 12.5. The van der Waals surface area contributed by atoms with Gasteiger partial charge in [-0.2, -0.15) is 0 Å². The number of hydrogen-bond donors (Lipinski definition) is 2. The molecule has 2 aromatic rings. The molecule has 0 spiro atoms. The summed E-state index contributed by atoms with van der Waals surface area (Å²) in [4.78, 5) is 14.9. The summed E-state index contributed by atoms with van der Waals surface area (Å²) in [5.74, 6) is 0.124. The maximum absolute atomic E-state index is 13.1. The van der Waals surface area contributed by atoms with E-state index >= 15 is 0 Å². The number of piperidine rings is 1. The summed E-state index contributed by atoms with van der Waals surface area (Å²) in [6.07, 6.45) is 3.21. The SMILES string of the molecule is O=C1CCNCC1Cc1c[nH]c2cc(F)ccc12. The molecule has 0 amide bonds. The number of rotatable bonds is 2. The van der Waals surface area contributed by atoms with Crippen LogP contribution in [0.3, 0.4) is 0 Å². The van der Waals surface area contributed by atoms with Crippen LogP contribution in [-0.2, 0) is 11.2 Å². The third-order valence-corrected chi connectivity index (χ3v) is 3.59. The zero-order valence-electron chi connectivity index (χ0n) is 10.0. The summed E-state index contributed by atoms with van der Waals surface area (Å²) in [6.45, 7) is 1.53. The molecular weight excluding hydrogens is 231 g/mol. The van der Waals surface area contributed by atoms with Crippen molar-refractivity contribution in [2.75, 3.05) is 13.1 Å². The Bertz CT molecular complexity index is 590. The topological polar surface area (TPSA) is 44.9 Å². The number of nitrogens with one attached hydrogen (secondary N) is 2. The molecule has 4 heteroatoms. The van der Waals surface area contributed by atoms with Crippen molar-refractivity contribution >= 4 is 16.7 Å². The van der Waals surface area contributed by atoms with Crippen molar-refractivity contribution in [1.82, 2.24) is 10.3 Å². The molecule has 1 aliphatic rings. The highest BCUT2D eigenvalue weighted by Gasteiger charge is 2.23. The first-order valence-electron chi connectivity index (χ1n) is 6.23. The van der Waals surface area contributed by atoms with Gasteiger partial charge in [0.2, 0.25) is 0 Å². The molecule has 94 valence electrons. The summed E-state index contributed by atoms with van der Waals surface area (Å²) in [6, 6.07) is 4.72. The molecule has 2 heterocycles. The van der Waals surface area contributed by atoms with E-state index in [1.54, 1.807) is 6.07 Å². The lowest BCUT2D eigenvalue weighted by atomic mass is 9.91. The third-order valence-electron chi connectivity index (χ3n) is 3.59. The molecule has 1 unspecified atom stereocenters. The molecule has 1 aromatic heterocycles. The van der Waals surface area contributed by atoms with Crippen LogP contribution in [0.2, 0.25) is 0 Å². The first kappa shape index (κ1) is 11.4. The zero-order valence-corrected chi connectivity index (χ0v) is 10.0. The Kier molecular flexibility index (Phi) is 2.88. The Balaban J connectivity index is 1.88. The number of benzene rings is 1. The summed E-state index contributed by atoms with van der Waals surface area (Å²) < 4.78 is 13.1. The number of aromatic nitrogens is 1. The monoisotopic (exact) mass is 246 g/mol. The molecule has 1 aliphatic heterocycles. The lowest BCUT2D eigenvalue weighted by molar-refractivity contribution is -0.123. The molecule has 1 aromatic carbocycles. The van der Waals surface area contributed by atoms with Crippen LogP contribution in [0.5, 0.6) is 0 Å². The molecule has 3 nitrogen and oxygen atoms in total. The predicted octanol–water partition coefficient (Wildman–Crippen LogP) is 2.03. The maximum atomic E-state index is 13.1. The minimum atomic E-state index is -0.244. The maximum Gasteiger partial charge on any atom is 0.138 e. The van der Waals surface area contributed by atoms with Gasteiger partial charge in [0.15, 0.2) is 0 Å². The Morgan fingerprint density at radius 1 is 1.39 bits per heavy atom. The number of halogens is 1. The van der Waals surface area contributed by atoms with E-state index in [1.165, 1.54) is 12.1 Å². The van der Waals surface area contributed by atoms with Crippen LogP contribution in [0.15, 0.2) is 24.4 Å². The van der Waals surface area contributed by atoms with Gasteiger partial charge in [0.25, 0.3) is 0 Å².